The van der Waals surface area contributed by atoms with Crippen molar-refractivity contribution in [1.82, 2.24) is 5.32 Å². The fourth-order valence-electron chi connectivity index (χ4n) is 2.41. The Bertz CT molecular complexity index is 577. The quantitative estimate of drug-likeness (QED) is 0.779. The fourth-order valence-corrected chi connectivity index (χ4v) is 2.41. The second-order valence-corrected chi connectivity index (χ2v) is 5.65. The Morgan fingerprint density at radius 3 is 2.48 bits per heavy atom. The highest BCUT2D eigenvalue weighted by molar-refractivity contribution is 5.40. The van der Waals surface area contributed by atoms with Crippen molar-refractivity contribution >= 4 is 0 Å². The molecular weight excluding hydrogens is 258 g/mol. The molecule has 2 rings (SSSR count). The van der Waals surface area contributed by atoms with Crippen molar-refractivity contribution in [3.63, 3.8) is 0 Å². The molecule has 1 N–H and O–H groups in total. The minimum absolute atomic E-state index is 0.277. The Balaban J connectivity index is 2.25. The Hall–Kier alpha value is -1.80. The van der Waals surface area contributed by atoms with Crippen LogP contribution in [0.25, 0.3) is 0 Å². The molecule has 21 heavy (non-hydrogen) atoms. The van der Waals surface area contributed by atoms with Crippen LogP contribution in [0.1, 0.15) is 50.8 Å². The number of hydrogen-bond acceptors (Lipinski definition) is 2. The van der Waals surface area contributed by atoms with Crippen molar-refractivity contribution in [2.45, 2.75) is 39.7 Å². The van der Waals surface area contributed by atoms with Gasteiger partial charge in [-0.3, -0.25) is 0 Å². The third-order valence-corrected chi connectivity index (χ3v) is 3.65. The molecule has 1 atom stereocenters. The van der Waals surface area contributed by atoms with Gasteiger partial charge in [0.2, 0.25) is 0 Å². The van der Waals surface area contributed by atoms with Crippen molar-refractivity contribution in [3.05, 3.63) is 59.7 Å². The van der Waals surface area contributed by atoms with E-state index in [-0.39, 0.29) is 6.04 Å². The molecule has 0 amide bonds. The van der Waals surface area contributed by atoms with Crippen LogP contribution >= 0.6 is 0 Å². The van der Waals surface area contributed by atoms with Crippen LogP contribution in [-0.2, 0) is 0 Å². The fraction of sp³-hybridized carbons (Fsp3) is 0.368. The normalized spacial score (nSPS) is 12.4. The van der Waals surface area contributed by atoms with Crippen LogP contribution in [0.5, 0.6) is 11.5 Å². The molecule has 0 spiro atoms. The Morgan fingerprint density at radius 2 is 1.76 bits per heavy atom. The molecule has 0 heterocycles. The van der Waals surface area contributed by atoms with E-state index in [1.165, 1.54) is 11.1 Å². The van der Waals surface area contributed by atoms with Crippen molar-refractivity contribution in [1.29, 1.82) is 0 Å². The average Bonchev–Trinajstić information content (AvgIpc) is 2.48. The minimum Gasteiger partial charge on any atom is -0.457 e. The van der Waals surface area contributed by atoms with Gasteiger partial charge in [0.1, 0.15) is 11.5 Å². The Morgan fingerprint density at radius 1 is 1.00 bits per heavy atom. The van der Waals surface area contributed by atoms with Crippen molar-refractivity contribution < 1.29 is 4.74 Å². The van der Waals surface area contributed by atoms with E-state index in [0.29, 0.717) is 5.92 Å². The molecule has 0 saturated heterocycles. The highest BCUT2D eigenvalue weighted by Gasteiger charge is 2.11. The van der Waals surface area contributed by atoms with Gasteiger partial charge in [0.15, 0.2) is 0 Å². The zero-order valence-corrected chi connectivity index (χ0v) is 13.4. The van der Waals surface area contributed by atoms with E-state index in [4.69, 9.17) is 4.74 Å². The van der Waals surface area contributed by atoms with E-state index in [1.807, 2.05) is 18.2 Å². The lowest BCUT2D eigenvalue weighted by Crippen LogP contribution is -2.18. The monoisotopic (exact) mass is 283 g/mol. The molecule has 2 heteroatoms. The molecule has 0 aromatic heterocycles. The molecule has 1 unspecified atom stereocenters. The van der Waals surface area contributed by atoms with E-state index >= 15 is 0 Å². The standard InChI is InChI=1S/C19H25NO/c1-5-20-15(4)18-11-6-7-12-19(18)21-17-10-8-9-16(13-17)14(2)3/h6-15,20H,5H2,1-4H3. The summed E-state index contributed by atoms with van der Waals surface area (Å²) in [6.45, 7) is 9.61. The summed E-state index contributed by atoms with van der Waals surface area (Å²) in [5.74, 6) is 2.33. The van der Waals surface area contributed by atoms with Gasteiger partial charge in [-0.1, -0.05) is 51.1 Å². The predicted octanol–water partition coefficient (Wildman–Crippen LogP) is 5.27. The van der Waals surface area contributed by atoms with Crippen LogP contribution in [0, 0.1) is 0 Å². The number of nitrogens with one attached hydrogen (secondary N) is 1. The van der Waals surface area contributed by atoms with Crippen LogP contribution in [0.15, 0.2) is 48.5 Å². The molecule has 0 fully saturated rings. The molecule has 112 valence electrons. The molecule has 2 nitrogen and oxygen atoms in total. The van der Waals surface area contributed by atoms with Gasteiger partial charge in [-0.15, -0.1) is 0 Å². The van der Waals surface area contributed by atoms with Crippen LogP contribution in [-0.4, -0.2) is 6.54 Å². The van der Waals surface area contributed by atoms with Crippen LogP contribution < -0.4 is 10.1 Å². The number of para-hydroxylation sites is 1. The van der Waals surface area contributed by atoms with Gasteiger partial charge in [0.05, 0.1) is 0 Å². The van der Waals surface area contributed by atoms with Crippen LogP contribution in [0.2, 0.25) is 0 Å². The molecule has 0 aliphatic rings. The maximum Gasteiger partial charge on any atom is 0.132 e. The lowest BCUT2D eigenvalue weighted by Gasteiger charge is -2.18. The van der Waals surface area contributed by atoms with E-state index in [2.05, 4.69) is 63.3 Å². The van der Waals surface area contributed by atoms with E-state index < -0.39 is 0 Å². The first-order chi connectivity index (χ1) is 10.1. The first-order valence-electron chi connectivity index (χ1n) is 7.72. The third kappa shape index (κ3) is 4.08. The lowest BCUT2D eigenvalue weighted by molar-refractivity contribution is 0.462. The number of hydrogen-bond donors (Lipinski definition) is 1. The minimum atomic E-state index is 0.277. The Kier molecular flexibility index (Phi) is 5.40. The van der Waals surface area contributed by atoms with Gasteiger partial charge in [0.25, 0.3) is 0 Å². The maximum absolute atomic E-state index is 6.13. The molecule has 2 aromatic carbocycles. The van der Waals surface area contributed by atoms with Gasteiger partial charge in [0, 0.05) is 11.6 Å². The van der Waals surface area contributed by atoms with Crippen LogP contribution in [0.4, 0.5) is 0 Å². The molecule has 0 aliphatic heterocycles. The van der Waals surface area contributed by atoms with Crippen molar-refractivity contribution in [2.24, 2.45) is 0 Å². The van der Waals surface area contributed by atoms with Gasteiger partial charge < -0.3 is 10.1 Å². The largest absolute Gasteiger partial charge is 0.457 e. The van der Waals surface area contributed by atoms with Crippen LogP contribution in [0.3, 0.4) is 0 Å². The maximum atomic E-state index is 6.13. The van der Waals surface area contributed by atoms with Gasteiger partial charge in [-0.2, -0.15) is 0 Å². The zero-order chi connectivity index (χ0) is 15.2. The molecule has 0 bridgehead atoms. The lowest BCUT2D eigenvalue weighted by atomic mass is 10.0. The second-order valence-electron chi connectivity index (χ2n) is 5.65. The summed E-state index contributed by atoms with van der Waals surface area (Å²) >= 11 is 0. The van der Waals surface area contributed by atoms with E-state index in [0.717, 1.165) is 18.0 Å². The summed E-state index contributed by atoms with van der Waals surface area (Å²) in [4.78, 5) is 0. The summed E-state index contributed by atoms with van der Waals surface area (Å²) in [7, 11) is 0. The summed E-state index contributed by atoms with van der Waals surface area (Å²) in [6.07, 6.45) is 0. The van der Waals surface area contributed by atoms with Gasteiger partial charge in [-0.25, -0.2) is 0 Å². The predicted molar refractivity (Wildman–Crippen MR) is 89.1 cm³/mol. The van der Waals surface area contributed by atoms with E-state index in [1.54, 1.807) is 0 Å². The number of benzene rings is 2. The summed E-state index contributed by atoms with van der Waals surface area (Å²) < 4.78 is 6.13. The molecular formula is C19H25NO. The SMILES string of the molecule is CCNC(C)c1ccccc1Oc1cccc(C(C)C)c1. The molecule has 0 radical (unpaired) electrons. The molecule has 2 aromatic rings. The topological polar surface area (TPSA) is 21.3 Å². The second kappa shape index (κ2) is 7.28. The zero-order valence-electron chi connectivity index (χ0n) is 13.4. The average molecular weight is 283 g/mol. The van der Waals surface area contributed by atoms with Crippen molar-refractivity contribution in [2.75, 3.05) is 6.54 Å². The summed E-state index contributed by atoms with van der Waals surface area (Å²) in [5.41, 5.74) is 2.49. The first kappa shape index (κ1) is 15.6. The number of ether oxygens (including phenoxy) is 1. The summed E-state index contributed by atoms with van der Waals surface area (Å²) in [6, 6.07) is 16.8. The van der Waals surface area contributed by atoms with E-state index in [9.17, 15) is 0 Å². The summed E-state index contributed by atoms with van der Waals surface area (Å²) in [5, 5.41) is 3.44. The molecule has 0 saturated carbocycles. The highest BCUT2D eigenvalue weighted by atomic mass is 16.5. The molecule has 0 aliphatic carbocycles. The first-order valence-corrected chi connectivity index (χ1v) is 7.72. The smallest absolute Gasteiger partial charge is 0.132 e. The van der Waals surface area contributed by atoms with Gasteiger partial charge in [-0.05, 0) is 43.1 Å². The van der Waals surface area contributed by atoms with Gasteiger partial charge >= 0.3 is 0 Å². The third-order valence-electron chi connectivity index (χ3n) is 3.65. The highest BCUT2D eigenvalue weighted by Crippen LogP contribution is 2.30. The van der Waals surface area contributed by atoms with Crippen molar-refractivity contribution in [3.8, 4) is 11.5 Å². The number of rotatable bonds is 6. The Labute approximate surface area is 128 Å².